The molecule has 13 nitrogen and oxygen atoms in total. The van der Waals surface area contributed by atoms with Crippen molar-refractivity contribution in [2.45, 2.75) is 97.6 Å². The van der Waals surface area contributed by atoms with Gasteiger partial charge < -0.3 is 34.7 Å². The summed E-state index contributed by atoms with van der Waals surface area (Å²) in [4.78, 5) is 36.9. The molecule has 6 aromatic rings. The maximum absolute atomic E-state index is 13.5. The van der Waals surface area contributed by atoms with E-state index in [1.165, 1.54) is 17.0 Å². The Morgan fingerprint density at radius 1 is 0.889 bits per heavy atom. The van der Waals surface area contributed by atoms with Crippen molar-refractivity contribution in [2.75, 3.05) is 0 Å². The van der Waals surface area contributed by atoms with Crippen LogP contribution in [-0.4, -0.2) is 81.5 Å². The number of carbonyl (C=O) groups is 3. The number of aromatic nitrogens is 5. The molecule has 1 amide bonds. The standard InChI is InChI=1S/C24H26FNO4.C24H29N5O3.Na/c1-15(2)26-21-6-4-3-5-20(21)24(16-7-9-17(25)10-8-16)22(26)12-11-18(27)13-19(28)14-23(29)30;1-4-5-10-21(30)29(22(16(2)3)24(31)32)15-17-11-13-18(14-12-17)19-8-6-7-9-20(19)23-25-27-28-26-23;/h3-12,15,18-19,27-28H,13-14H2,1-2H3,(H,29,30);6-9,11-14,16,22H,4-5,10,15H2,1-3H3,(H,31,32)(H,25,26,27,28);/q;;+1/p-1/b12-11+;;/t18-,19-;22-;/m00./s1. The molecule has 3 atom stereocenters. The number of H-pyrrole nitrogens is 1. The normalized spacial score (nSPS) is 12.7. The summed E-state index contributed by atoms with van der Waals surface area (Å²) in [6.45, 7) is 10.0. The minimum absolute atomic E-state index is 0. The van der Waals surface area contributed by atoms with Crippen molar-refractivity contribution in [2.24, 2.45) is 5.92 Å². The summed E-state index contributed by atoms with van der Waals surface area (Å²) in [5.41, 5.74) is 7.28. The second-order valence-corrected chi connectivity index (χ2v) is 15.8. The van der Waals surface area contributed by atoms with Crippen molar-refractivity contribution < 1.29 is 68.8 Å². The fraction of sp³-hybridized carbons (Fsp3) is 0.333. The Labute approximate surface area is 389 Å². The molecule has 63 heavy (non-hydrogen) atoms. The first-order chi connectivity index (χ1) is 29.7. The molecule has 0 radical (unpaired) electrons. The molecule has 4 aromatic carbocycles. The Hall–Kier alpha value is -5.51. The number of tetrazole rings is 1. The number of carbonyl (C=O) groups excluding carboxylic acids is 2. The van der Waals surface area contributed by atoms with Crippen LogP contribution in [0.15, 0.2) is 103 Å². The van der Waals surface area contributed by atoms with Gasteiger partial charge in [0.25, 0.3) is 0 Å². The number of benzene rings is 4. The molecule has 0 bridgehead atoms. The SMILES string of the molecule is CC(C)n1c(/C=C/[C@H](O)C[C@H](O)CC(=O)[O-])c(-c2ccc(F)cc2)c2ccccc21.CCCCC(=O)N(Cc1ccc(-c2ccccc2-c2nn[nH]n2)cc1)[C@H](C(=O)O)C(C)C.[Na+]. The van der Waals surface area contributed by atoms with Gasteiger partial charge in [-0.2, -0.15) is 5.21 Å². The molecule has 15 heteroatoms. The molecule has 326 valence electrons. The quantitative estimate of drug-likeness (QED) is 0.0896. The number of nitrogens with zero attached hydrogens (tertiary/aromatic N) is 5. The number of aliphatic carboxylic acids is 2. The van der Waals surface area contributed by atoms with Crippen molar-refractivity contribution in [1.82, 2.24) is 30.1 Å². The third-order valence-corrected chi connectivity index (χ3v) is 10.4. The topological polar surface area (TPSA) is 198 Å². The van der Waals surface area contributed by atoms with Gasteiger partial charge in [0.1, 0.15) is 11.9 Å². The fourth-order valence-electron chi connectivity index (χ4n) is 7.54. The summed E-state index contributed by atoms with van der Waals surface area (Å²) in [6, 6.07) is 29.0. The van der Waals surface area contributed by atoms with E-state index in [1.54, 1.807) is 24.3 Å². The number of fused-ring (bicyclic) bond motifs is 1. The van der Waals surface area contributed by atoms with Crippen molar-refractivity contribution in [3.8, 4) is 33.6 Å². The Balaban J connectivity index is 0.000000273. The average Bonchev–Trinajstić information content (AvgIpc) is 3.89. The number of carboxylic acid groups (broad SMARTS) is 2. The largest absolute Gasteiger partial charge is 1.00 e. The van der Waals surface area contributed by atoms with E-state index < -0.39 is 36.6 Å². The maximum Gasteiger partial charge on any atom is 1.00 e. The molecule has 0 aliphatic heterocycles. The van der Waals surface area contributed by atoms with E-state index in [-0.39, 0.29) is 66.2 Å². The van der Waals surface area contributed by atoms with Crippen LogP contribution in [0, 0.1) is 11.7 Å². The van der Waals surface area contributed by atoms with Gasteiger partial charge in [0.15, 0.2) is 0 Å². The smallest absolute Gasteiger partial charge is 0.550 e. The van der Waals surface area contributed by atoms with E-state index in [2.05, 4.69) is 39.0 Å². The van der Waals surface area contributed by atoms with Gasteiger partial charge in [-0.05, 0) is 77.9 Å². The first-order valence-corrected chi connectivity index (χ1v) is 20.8. The molecule has 0 aliphatic rings. The first-order valence-electron chi connectivity index (χ1n) is 20.8. The first kappa shape index (κ1) is 50.1. The summed E-state index contributed by atoms with van der Waals surface area (Å²) >= 11 is 0. The zero-order valence-electron chi connectivity index (χ0n) is 36.6. The zero-order valence-corrected chi connectivity index (χ0v) is 38.6. The number of hydrogen-bond acceptors (Lipinski definition) is 9. The van der Waals surface area contributed by atoms with E-state index in [0.717, 1.165) is 62.8 Å². The van der Waals surface area contributed by atoms with Crippen LogP contribution in [0.2, 0.25) is 0 Å². The van der Waals surface area contributed by atoms with Crippen LogP contribution < -0.4 is 34.7 Å². The number of aliphatic hydroxyl groups is 2. The molecule has 2 heterocycles. The molecule has 0 fully saturated rings. The molecular weight excluding hydrogens is 815 g/mol. The number of aliphatic hydroxyl groups excluding tert-OH is 2. The number of carboxylic acids is 2. The summed E-state index contributed by atoms with van der Waals surface area (Å²) in [5.74, 6) is -2.47. The van der Waals surface area contributed by atoms with Crippen molar-refractivity contribution in [1.29, 1.82) is 0 Å². The minimum Gasteiger partial charge on any atom is -0.550 e. The number of amides is 1. The van der Waals surface area contributed by atoms with E-state index in [9.17, 15) is 39.2 Å². The van der Waals surface area contributed by atoms with E-state index in [1.807, 2.05) is 93.6 Å². The van der Waals surface area contributed by atoms with Gasteiger partial charge >= 0.3 is 35.5 Å². The van der Waals surface area contributed by atoms with Gasteiger partial charge in [0.05, 0.1) is 12.2 Å². The molecule has 0 spiro atoms. The van der Waals surface area contributed by atoms with Gasteiger partial charge in [-0.3, -0.25) is 4.79 Å². The van der Waals surface area contributed by atoms with Gasteiger partial charge in [-0.1, -0.05) is 112 Å². The predicted molar refractivity (Wildman–Crippen MR) is 234 cm³/mol. The van der Waals surface area contributed by atoms with E-state index in [4.69, 9.17) is 0 Å². The minimum atomic E-state index is -1.36. The van der Waals surface area contributed by atoms with Gasteiger partial charge in [0.2, 0.25) is 11.7 Å². The molecular formula is C48H54FN6NaO7. The molecule has 6 rings (SSSR count). The number of unbranched alkanes of at least 4 members (excludes halogenated alkanes) is 1. The third-order valence-electron chi connectivity index (χ3n) is 10.4. The van der Waals surface area contributed by atoms with Gasteiger partial charge in [-0.25, -0.2) is 9.18 Å². The second kappa shape index (κ2) is 23.8. The van der Waals surface area contributed by atoms with Crippen molar-refractivity contribution >= 4 is 34.8 Å². The Morgan fingerprint density at radius 2 is 1.52 bits per heavy atom. The predicted octanol–water partition coefficient (Wildman–Crippen LogP) is 4.46. The number of hydrogen-bond donors (Lipinski definition) is 4. The summed E-state index contributed by atoms with van der Waals surface area (Å²) in [5, 5.41) is 55.7. The van der Waals surface area contributed by atoms with Gasteiger partial charge in [-0.15, -0.1) is 10.2 Å². The van der Waals surface area contributed by atoms with Crippen LogP contribution in [0.5, 0.6) is 0 Å². The fourth-order valence-corrected chi connectivity index (χ4v) is 7.54. The Bertz CT molecular complexity index is 2440. The van der Waals surface area contributed by atoms with Crippen LogP contribution >= 0.6 is 0 Å². The van der Waals surface area contributed by atoms with Crippen LogP contribution in [0.1, 0.15) is 84.0 Å². The van der Waals surface area contributed by atoms with Crippen LogP contribution in [0.25, 0.3) is 50.6 Å². The van der Waals surface area contributed by atoms with Crippen molar-refractivity contribution in [3.63, 3.8) is 0 Å². The Kier molecular flexibility index (Phi) is 18.9. The number of para-hydroxylation sites is 1. The molecule has 0 aliphatic carbocycles. The zero-order chi connectivity index (χ0) is 44.9. The molecule has 0 unspecified atom stereocenters. The Morgan fingerprint density at radius 3 is 2.11 bits per heavy atom. The summed E-state index contributed by atoms with van der Waals surface area (Å²) in [7, 11) is 0. The molecule has 0 saturated carbocycles. The maximum atomic E-state index is 13.5. The third kappa shape index (κ3) is 13.3. The van der Waals surface area contributed by atoms with Crippen LogP contribution in [0.3, 0.4) is 0 Å². The van der Waals surface area contributed by atoms with E-state index in [0.29, 0.717) is 12.2 Å². The summed E-state index contributed by atoms with van der Waals surface area (Å²) < 4.78 is 15.6. The van der Waals surface area contributed by atoms with Crippen molar-refractivity contribution in [3.05, 3.63) is 120 Å². The monoisotopic (exact) mass is 868 g/mol. The number of aromatic amines is 1. The summed E-state index contributed by atoms with van der Waals surface area (Å²) in [6.07, 6.45) is 2.42. The number of rotatable bonds is 18. The number of nitrogens with one attached hydrogen (secondary N) is 1. The van der Waals surface area contributed by atoms with Gasteiger partial charge in [0, 0.05) is 65.5 Å². The molecule has 4 N–H and O–H groups in total. The average molecular weight is 869 g/mol. The molecule has 2 aromatic heterocycles. The van der Waals surface area contributed by atoms with Crippen LogP contribution in [-0.2, 0) is 20.9 Å². The van der Waals surface area contributed by atoms with Crippen LogP contribution in [0.4, 0.5) is 4.39 Å². The van der Waals surface area contributed by atoms with E-state index >= 15 is 0 Å². The molecule has 0 saturated heterocycles. The second-order valence-electron chi connectivity index (χ2n) is 15.8. The number of halogens is 1.